The van der Waals surface area contributed by atoms with Gasteiger partial charge < -0.3 is 5.73 Å². The standard InChI is InChI=1S/C11H12FN/c12-11-5-1-2-9(11)8-6-7(13)3-4-10(8)11/h3-4,6,9H,1-2,5,13H2/t9-,11-/m0/s1. The predicted octanol–water partition coefficient (Wildman–Crippen LogP) is 2.71. The number of nitrogens with two attached hydrogens (primary N) is 1. The Labute approximate surface area is 76.7 Å². The van der Waals surface area contributed by atoms with Gasteiger partial charge in [-0.1, -0.05) is 6.07 Å². The first-order valence-corrected chi connectivity index (χ1v) is 4.80. The monoisotopic (exact) mass is 177 g/mol. The summed E-state index contributed by atoms with van der Waals surface area (Å²) in [7, 11) is 0. The van der Waals surface area contributed by atoms with E-state index in [0.29, 0.717) is 6.42 Å². The van der Waals surface area contributed by atoms with Crippen LogP contribution in [0.15, 0.2) is 18.2 Å². The summed E-state index contributed by atoms with van der Waals surface area (Å²) in [5.74, 6) is 0.144. The topological polar surface area (TPSA) is 26.0 Å². The first kappa shape index (κ1) is 7.36. The molecular weight excluding hydrogens is 165 g/mol. The van der Waals surface area contributed by atoms with Crippen LogP contribution >= 0.6 is 0 Å². The molecule has 68 valence electrons. The van der Waals surface area contributed by atoms with Crippen LogP contribution in [0.5, 0.6) is 0 Å². The maximum atomic E-state index is 14.2. The molecule has 0 bridgehead atoms. The second kappa shape index (κ2) is 2.06. The zero-order chi connectivity index (χ0) is 9.05. The highest BCUT2D eigenvalue weighted by Gasteiger charge is 2.55. The van der Waals surface area contributed by atoms with Gasteiger partial charge in [-0.3, -0.25) is 0 Å². The fourth-order valence-electron chi connectivity index (χ4n) is 2.86. The number of nitrogen functional groups attached to an aromatic ring is 1. The lowest BCUT2D eigenvalue weighted by atomic mass is 9.67. The average molecular weight is 177 g/mol. The quantitative estimate of drug-likeness (QED) is 0.606. The first-order valence-electron chi connectivity index (χ1n) is 4.80. The van der Waals surface area contributed by atoms with Gasteiger partial charge in [0.25, 0.3) is 0 Å². The van der Waals surface area contributed by atoms with E-state index in [4.69, 9.17) is 5.73 Å². The van der Waals surface area contributed by atoms with Crippen LogP contribution < -0.4 is 5.73 Å². The molecule has 2 heteroatoms. The van der Waals surface area contributed by atoms with Crippen molar-refractivity contribution in [2.45, 2.75) is 30.8 Å². The van der Waals surface area contributed by atoms with Crippen molar-refractivity contribution in [3.05, 3.63) is 29.3 Å². The molecule has 13 heavy (non-hydrogen) atoms. The summed E-state index contributed by atoms with van der Waals surface area (Å²) in [6.45, 7) is 0. The molecule has 0 radical (unpaired) electrons. The van der Waals surface area contributed by atoms with Gasteiger partial charge in [0, 0.05) is 11.6 Å². The molecule has 2 aliphatic rings. The fraction of sp³-hybridized carbons (Fsp3) is 0.455. The van der Waals surface area contributed by atoms with Gasteiger partial charge in [-0.15, -0.1) is 0 Å². The number of hydrogen-bond acceptors (Lipinski definition) is 1. The van der Waals surface area contributed by atoms with Gasteiger partial charge in [0.2, 0.25) is 0 Å². The van der Waals surface area contributed by atoms with Crippen molar-refractivity contribution in [3.63, 3.8) is 0 Å². The molecule has 1 saturated carbocycles. The number of anilines is 1. The Hall–Kier alpha value is -1.05. The third-order valence-corrected chi connectivity index (χ3v) is 3.48. The van der Waals surface area contributed by atoms with Crippen molar-refractivity contribution in [2.24, 2.45) is 0 Å². The third kappa shape index (κ3) is 0.718. The predicted molar refractivity (Wildman–Crippen MR) is 50.2 cm³/mol. The van der Waals surface area contributed by atoms with Crippen LogP contribution in [0.3, 0.4) is 0 Å². The Balaban J connectivity index is 2.17. The highest BCUT2D eigenvalue weighted by molar-refractivity contribution is 5.56. The molecule has 1 nitrogen and oxygen atoms in total. The smallest absolute Gasteiger partial charge is 0.143 e. The lowest BCUT2D eigenvalue weighted by molar-refractivity contribution is 0.113. The molecule has 2 atom stereocenters. The molecule has 0 aromatic heterocycles. The van der Waals surface area contributed by atoms with Crippen molar-refractivity contribution < 1.29 is 4.39 Å². The van der Waals surface area contributed by atoms with E-state index in [1.165, 1.54) is 0 Å². The Bertz CT molecular complexity index is 374. The van der Waals surface area contributed by atoms with E-state index < -0.39 is 5.67 Å². The summed E-state index contributed by atoms with van der Waals surface area (Å²) >= 11 is 0. The van der Waals surface area contributed by atoms with E-state index in [-0.39, 0.29) is 5.92 Å². The molecular formula is C11H12FN. The zero-order valence-electron chi connectivity index (χ0n) is 7.39. The summed E-state index contributed by atoms with van der Waals surface area (Å²) in [5, 5.41) is 0. The van der Waals surface area contributed by atoms with Gasteiger partial charge in [0.15, 0.2) is 0 Å². The minimum atomic E-state index is -0.997. The SMILES string of the molecule is Nc1ccc2c(c1)[C@@H]1CCC[C@@]21F. The maximum Gasteiger partial charge on any atom is 0.143 e. The summed E-state index contributed by atoms with van der Waals surface area (Å²) < 4.78 is 14.2. The molecule has 1 aromatic rings. The van der Waals surface area contributed by atoms with Crippen molar-refractivity contribution in [1.29, 1.82) is 0 Å². The lowest BCUT2D eigenvalue weighted by Crippen LogP contribution is -2.35. The van der Waals surface area contributed by atoms with Gasteiger partial charge in [-0.2, -0.15) is 0 Å². The van der Waals surface area contributed by atoms with E-state index in [1.54, 1.807) is 6.07 Å². The molecule has 2 N–H and O–H groups in total. The molecule has 3 rings (SSSR count). The molecule has 1 fully saturated rings. The Morgan fingerprint density at radius 1 is 1.46 bits per heavy atom. The minimum Gasteiger partial charge on any atom is -0.399 e. The van der Waals surface area contributed by atoms with Crippen LogP contribution in [0.25, 0.3) is 0 Å². The molecule has 0 unspecified atom stereocenters. The fourth-order valence-corrected chi connectivity index (χ4v) is 2.86. The van der Waals surface area contributed by atoms with Crippen LogP contribution in [0.1, 0.15) is 36.3 Å². The largest absolute Gasteiger partial charge is 0.399 e. The normalized spacial score (nSPS) is 35.0. The molecule has 2 aliphatic carbocycles. The van der Waals surface area contributed by atoms with Crippen molar-refractivity contribution in [2.75, 3.05) is 5.73 Å². The summed E-state index contributed by atoms with van der Waals surface area (Å²) in [6.07, 6.45) is 2.71. The van der Waals surface area contributed by atoms with E-state index in [1.807, 2.05) is 12.1 Å². The van der Waals surface area contributed by atoms with E-state index in [2.05, 4.69) is 0 Å². The second-order valence-electron chi connectivity index (χ2n) is 4.15. The van der Waals surface area contributed by atoms with E-state index in [0.717, 1.165) is 29.7 Å². The summed E-state index contributed by atoms with van der Waals surface area (Å²) in [5.41, 5.74) is 7.47. The van der Waals surface area contributed by atoms with Gasteiger partial charge >= 0.3 is 0 Å². The average Bonchev–Trinajstić information content (AvgIpc) is 2.43. The number of fused-ring (bicyclic) bond motifs is 4. The van der Waals surface area contributed by atoms with Gasteiger partial charge in [-0.05, 0) is 42.5 Å². The molecule has 0 aliphatic heterocycles. The first-order chi connectivity index (χ1) is 6.22. The molecule has 0 heterocycles. The van der Waals surface area contributed by atoms with E-state index in [9.17, 15) is 4.39 Å². The highest BCUT2D eigenvalue weighted by Crippen LogP contribution is 2.62. The second-order valence-corrected chi connectivity index (χ2v) is 4.15. The minimum absolute atomic E-state index is 0.144. The number of alkyl halides is 1. The zero-order valence-corrected chi connectivity index (χ0v) is 7.39. The summed E-state index contributed by atoms with van der Waals surface area (Å²) in [6, 6.07) is 5.59. The van der Waals surface area contributed by atoms with Gasteiger partial charge in [0.05, 0.1) is 0 Å². The van der Waals surface area contributed by atoms with Crippen LogP contribution in [0.2, 0.25) is 0 Å². The molecule has 1 aromatic carbocycles. The Kier molecular flexibility index (Phi) is 1.17. The number of benzene rings is 1. The molecule has 0 spiro atoms. The highest BCUT2D eigenvalue weighted by atomic mass is 19.1. The van der Waals surface area contributed by atoms with Gasteiger partial charge in [0.1, 0.15) is 5.67 Å². The summed E-state index contributed by atoms with van der Waals surface area (Å²) in [4.78, 5) is 0. The van der Waals surface area contributed by atoms with Crippen LogP contribution in [-0.4, -0.2) is 0 Å². The van der Waals surface area contributed by atoms with Crippen molar-refractivity contribution in [3.8, 4) is 0 Å². The van der Waals surface area contributed by atoms with Crippen molar-refractivity contribution >= 4 is 5.69 Å². The number of halogens is 1. The Morgan fingerprint density at radius 3 is 3.15 bits per heavy atom. The van der Waals surface area contributed by atoms with E-state index >= 15 is 0 Å². The molecule has 0 saturated heterocycles. The van der Waals surface area contributed by atoms with Crippen LogP contribution in [0, 0.1) is 0 Å². The van der Waals surface area contributed by atoms with Crippen molar-refractivity contribution in [1.82, 2.24) is 0 Å². The lowest BCUT2D eigenvalue weighted by Gasteiger charge is -2.40. The Morgan fingerprint density at radius 2 is 2.31 bits per heavy atom. The number of rotatable bonds is 0. The third-order valence-electron chi connectivity index (χ3n) is 3.48. The van der Waals surface area contributed by atoms with Crippen LogP contribution in [-0.2, 0) is 5.67 Å². The van der Waals surface area contributed by atoms with Gasteiger partial charge in [-0.25, -0.2) is 4.39 Å². The molecule has 0 amide bonds. The number of hydrogen-bond donors (Lipinski definition) is 1. The van der Waals surface area contributed by atoms with Crippen LogP contribution in [0.4, 0.5) is 10.1 Å². The maximum absolute atomic E-state index is 14.2.